The van der Waals surface area contributed by atoms with E-state index in [9.17, 15) is 0 Å². The van der Waals surface area contributed by atoms with Crippen molar-refractivity contribution in [2.24, 2.45) is 0 Å². The van der Waals surface area contributed by atoms with Gasteiger partial charge in [0.1, 0.15) is 0 Å². The molecule has 0 aliphatic heterocycles. The van der Waals surface area contributed by atoms with Crippen LogP contribution in [0.5, 0.6) is 0 Å². The molecule has 0 saturated carbocycles. The van der Waals surface area contributed by atoms with Gasteiger partial charge in [-0.05, 0) is 25.3 Å². The molecule has 0 aromatic carbocycles. The van der Waals surface area contributed by atoms with Crippen molar-refractivity contribution in [3.8, 4) is 11.4 Å². The van der Waals surface area contributed by atoms with Gasteiger partial charge in [-0.1, -0.05) is 11.6 Å². The summed E-state index contributed by atoms with van der Waals surface area (Å²) in [7, 11) is 0. The van der Waals surface area contributed by atoms with Crippen molar-refractivity contribution in [2.45, 2.75) is 13.8 Å². The lowest BCUT2D eigenvalue weighted by Crippen LogP contribution is -2.00. The summed E-state index contributed by atoms with van der Waals surface area (Å²) in [4.78, 5) is 4.24. The van der Waals surface area contributed by atoms with Crippen molar-refractivity contribution in [1.29, 1.82) is 0 Å². The van der Waals surface area contributed by atoms with E-state index in [1.165, 1.54) is 0 Å². The molecule has 0 aliphatic carbocycles. The zero-order valence-corrected chi connectivity index (χ0v) is 10.9. The molecular formula is C11H9ClN4S. The fourth-order valence-corrected chi connectivity index (χ4v) is 2.64. The Morgan fingerprint density at radius 1 is 1.29 bits per heavy atom. The number of fused-ring (bicyclic) bond motifs is 1. The van der Waals surface area contributed by atoms with Gasteiger partial charge in [0.2, 0.25) is 0 Å². The van der Waals surface area contributed by atoms with Crippen LogP contribution in [0.2, 0.25) is 5.15 Å². The fraction of sp³-hybridized carbons (Fsp3) is 0.182. The van der Waals surface area contributed by atoms with Crippen LogP contribution in [0.4, 0.5) is 0 Å². The van der Waals surface area contributed by atoms with Gasteiger partial charge in [-0.3, -0.25) is 4.40 Å². The SMILES string of the molecule is Cc1nc(Cl)c2nnc(-c3ccsc3)n2c1C. The van der Waals surface area contributed by atoms with Gasteiger partial charge in [0.15, 0.2) is 16.6 Å². The summed E-state index contributed by atoms with van der Waals surface area (Å²) in [5.41, 5.74) is 3.55. The van der Waals surface area contributed by atoms with Crippen LogP contribution in [-0.4, -0.2) is 19.6 Å². The van der Waals surface area contributed by atoms with Gasteiger partial charge in [-0.25, -0.2) is 4.98 Å². The lowest BCUT2D eigenvalue weighted by molar-refractivity contribution is 1.00. The Balaban J connectivity index is 2.42. The maximum absolute atomic E-state index is 6.08. The van der Waals surface area contributed by atoms with Gasteiger partial charge in [-0.15, -0.1) is 10.2 Å². The Morgan fingerprint density at radius 3 is 2.82 bits per heavy atom. The number of aryl methyl sites for hydroxylation is 2. The smallest absolute Gasteiger partial charge is 0.199 e. The van der Waals surface area contributed by atoms with Crippen LogP contribution in [0.1, 0.15) is 11.4 Å². The van der Waals surface area contributed by atoms with E-state index in [1.54, 1.807) is 11.3 Å². The Bertz CT molecular complexity index is 687. The number of thiophene rings is 1. The summed E-state index contributed by atoms with van der Waals surface area (Å²) in [6.45, 7) is 3.92. The maximum atomic E-state index is 6.08. The summed E-state index contributed by atoms with van der Waals surface area (Å²) in [6.07, 6.45) is 0. The van der Waals surface area contributed by atoms with Gasteiger partial charge in [0.05, 0.1) is 5.69 Å². The predicted octanol–water partition coefficient (Wildman–Crippen LogP) is 3.12. The third-order valence-corrected chi connectivity index (χ3v) is 3.69. The lowest BCUT2D eigenvalue weighted by Gasteiger charge is -2.06. The minimum Gasteiger partial charge on any atom is -0.275 e. The number of halogens is 1. The minimum absolute atomic E-state index is 0.391. The van der Waals surface area contributed by atoms with Gasteiger partial charge >= 0.3 is 0 Å². The zero-order chi connectivity index (χ0) is 12.0. The molecule has 3 heterocycles. The van der Waals surface area contributed by atoms with Gasteiger partial charge in [-0.2, -0.15) is 11.3 Å². The Morgan fingerprint density at radius 2 is 2.12 bits per heavy atom. The highest BCUT2D eigenvalue weighted by atomic mass is 35.5. The average molecular weight is 265 g/mol. The van der Waals surface area contributed by atoms with Crippen LogP contribution in [-0.2, 0) is 0 Å². The van der Waals surface area contributed by atoms with E-state index >= 15 is 0 Å². The molecule has 3 aromatic rings. The van der Waals surface area contributed by atoms with E-state index in [-0.39, 0.29) is 0 Å². The summed E-state index contributed by atoms with van der Waals surface area (Å²) in [5.74, 6) is 0.811. The second-order valence-corrected chi connectivity index (χ2v) is 4.91. The first-order valence-corrected chi connectivity index (χ1v) is 6.41. The van der Waals surface area contributed by atoms with E-state index in [4.69, 9.17) is 11.6 Å². The van der Waals surface area contributed by atoms with E-state index in [0.717, 1.165) is 22.8 Å². The summed E-state index contributed by atoms with van der Waals surface area (Å²) < 4.78 is 1.95. The van der Waals surface area contributed by atoms with Crippen LogP contribution in [0.15, 0.2) is 16.8 Å². The molecule has 0 bridgehead atoms. The molecule has 0 spiro atoms. The molecule has 0 N–H and O–H groups in total. The molecule has 0 atom stereocenters. The average Bonchev–Trinajstić information content (AvgIpc) is 2.94. The standard InChI is InChI=1S/C11H9ClN4S/c1-6-7(2)16-10(8-3-4-17-5-8)14-15-11(16)9(12)13-6/h3-5H,1-2H3. The largest absolute Gasteiger partial charge is 0.275 e. The molecule has 0 saturated heterocycles. The van der Waals surface area contributed by atoms with E-state index < -0.39 is 0 Å². The molecule has 0 amide bonds. The molecule has 0 aliphatic rings. The van der Waals surface area contributed by atoms with Crippen LogP contribution >= 0.6 is 22.9 Å². The summed E-state index contributed by atoms with van der Waals surface area (Å²) in [5, 5.41) is 12.7. The number of rotatable bonds is 1. The maximum Gasteiger partial charge on any atom is 0.199 e. The topological polar surface area (TPSA) is 43.1 Å². The van der Waals surface area contributed by atoms with Crippen molar-refractivity contribution in [3.63, 3.8) is 0 Å². The van der Waals surface area contributed by atoms with Crippen molar-refractivity contribution in [2.75, 3.05) is 0 Å². The van der Waals surface area contributed by atoms with Crippen molar-refractivity contribution >= 4 is 28.6 Å². The predicted molar refractivity (Wildman–Crippen MR) is 68.6 cm³/mol. The molecule has 4 nitrogen and oxygen atoms in total. The molecule has 3 rings (SSSR count). The van der Waals surface area contributed by atoms with Crippen LogP contribution in [0.3, 0.4) is 0 Å². The second-order valence-electron chi connectivity index (χ2n) is 3.77. The number of hydrogen-bond acceptors (Lipinski definition) is 4. The number of hydrogen-bond donors (Lipinski definition) is 0. The monoisotopic (exact) mass is 264 g/mol. The zero-order valence-electron chi connectivity index (χ0n) is 9.31. The summed E-state index contributed by atoms with van der Waals surface area (Å²) in [6, 6.07) is 2.02. The Hall–Kier alpha value is -1.46. The van der Waals surface area contributed by atoms with E-state index in [2.05, 4.69) is 15.2 Å². The first kappa shape index (κ1) is 10.7. The van der Waals surface area contributed by atoms with Crippen molar-refractivity contribution < 1.29 is 0 Å². The quantitative estimate of drug-likeness (QED) is 0.678. The minimum atomic E-state index is 0.391. The molecule has 6 heteroatoms. The van der Waals surface area contributed by atoms with Crippen LogP contribution in [0.25, 0.3) is 17.0 Å². The molecule has 0 radical (unpaired) electrons. The molecule has 86 valence electrons. The normalized spacial score (nSPS) is 11.2. The second kappa shape index (κ2) is 3.78. The highest BCUT2D eigenvalue weighted by molar-refractivity contribution is 7.08. The first-order valence-electron chi connectivity index (χ1n) is 5.09. The van der Waals surface area contributed by atoms with Gasteiger partial charge < -0.3 is 0 Å². The molecular weight excluding hydrogens is 256 g/mol. The number of aromatic nitrogens is 4. The summed E-state index contributed by atoms with van der Waals surface area (Å²) >= 11 is 7.71. The highest BCUT2D eigenvalue weighted by Gasteiger charge is 2.15. The third kappa shape index (κ3) is 1.54. The molecule has 3 aromatic heterocycles. The first-order chi connectivity index (χ1) is 8.18. The van der Waals surface area contributed by atoms with Crippen LogP contribution < -0.4 is 0 Å². The van der Waals surface area contributed by atoms with Crippen molar-refractivity contribution in [1.82, 2.24) is 19.6 Å². The molecule has 0 unspecified atom stereocenters. The molecule has 0 fully saturated rings. The van der Waals surface area contributed by atoms with E-state index in [0.29, 0.717) is 10.8 Å². The third-order valence-electron chi connectivity index (χ3n) is 2.75. The van der Waals surface area contributed by atoms with Gasteiger partial charge in [0, 0.05) is 16.6 Å². The number of nitrogens with zero attached hydrogens (tertiary/aromatic N) is 4. The highest BCUT2D eigenvalue weighted by Crippen LogP contribution is 2.25. The Labute approximate surface area is 107 Å². The van der Waals surface area contributed by atoms with Crippen LogP contribution in [0, 0.1) is 13.8 Å². The fourth-order valence-electron chi connectivity index (χ4n) is 1.75. The Kier molecular flexibility index (Phi) is 2.38. The van der Waals surface area contributed by atoms with Gasteiger partial charge in [0.25, 0.3) is 0 Å². The lowest BCUT2D eigenvalue weighted by atomic mass is 10.3. The van der Waals surface area contributed by atoms with E-state index in [1.807, 2.05) is 35.1 Å². The molecule has 17 heavy (non-hydrogen) atoms. The van der Waals surface area contributed by atoms with Crippen molar-refractivity contribution in [3.05, 3.63) is 33.4 Å².